The Morgan fingerprint density at radius 2 is 2.13 bits per heavy atom. The molecule has 0 saturated carbocycles. The van der Waals surface area contributed by atoms with Gasteiger partial charge >= 0.3 is 0 Å². The van der Waals surface area contributed by atoms with E-state index in [0.29, 0.717) is 11.4 Å². The highest BCUT2D eigenvalue weighted by Gasteiger charge is 2.34. The molecule has 3 unspecified atom stereocenters. The second kappa shape index (κ2) is 9.25. The molecule has 0 saturated heterocycles. The zero-order chi connectivity index (χ0) is 21.8. The number of amides is 1. The summed E-state index contributed by atoms with van der Waals surface area (Å²) in [5, 5.41) is 29.8. The summed E-state index contributed by atoms with van der Waals surface area (Å²) in [6, 6.07) is 7.23. The molecule has 0 aromatic heterocycles. The van der Waals surface area contributed by atoms with E-state index in [1.54, 1.807) is 11.2 Å². The van der Waals surface area contributed by atoms with Gasteiger partial charge in [0.2, 0.25) is 0 Å². The molecule has 9 nitrogen and oxygen atoms in total. The van der Waals surface area contributed by atoms with Crippen LogP contribution in [0.4, 0.5) is 0 Å². The first-order chi connectivity index (χ1) is 15.0. The molecule has 164 valence electrons. The van der Waals surface area contributed by atoms with Gasteiger partial charge in [0.15, 0.2) is 0 Å². The predicted molar refractivity (Wildman–Crippen MR) is 115 cm³/mol. The Bertz CT molecular complexity index is 942. The van der Waals surface area contributed by atoms with Crippen molar-refractivity contribution in [1.82, 2.24) is 26.4 Å². The van der Waals surface area contributed by atoms with Crippen LogP contribution in [-0.2, 0) is 4.79 Å². The second-order valence-electron chi connectivity index (χ2n) is 7.52. The van der Waals surface area contributed by atoms with Gasteiger partial charge in [-0.1, -0.05) is 30.4 Å². The Labute approximate surface area is 180 Å². The van der Waals surface area contributed by atoms with Crippen LogP contribution in [0.25, 0.3) is 0 Å². The fourth-order valence-corrected chi connectivity index (χ4v) is 3.57. The van der Waals surface area contributed by atoms with Gasteiger partial charge in [-0.2, -0.15) is 0 Å². The average molecular weight is 425 g/mol. The summed E-state index contributed by atoms with van der Waals surface area (Å²) in [5.74, 6) is 0.376. The average Bonchev–Trinajstić information content (AvgIpc) is 3.21. The first-order valence-electron chi connectivity index (χ1n) is 10.2. The van der Waals surface area contributed by atoms with Crippen molar-refractivity contribution in [1.29, 1.82) is 0 Å². The molecule has 0 fully saturated rings. The number of benzene rings is 1. The smallest absolute Gasteiger partial charge is 0.272 e. The summed E-state index contributed by atoms with van der Waals surface area (Å²) in [6.07, 6.45) is 9.98. The molecule has 3 heterocycles. The van der Waals surface area contributed by atoms with Crippen LogP contribution in [0.5, 0.6) is 5.75 Å². The monoisotopic (exact) mass is 425 g/mol. The molecular formula is C22H27N5O4. The Morgan fingerprint density at radius 1 is 1.29 bits per heavy atom. The van der Waals surface area contributed by atoms with Crippen LogP contribution >= 0.6 is 0 Å². The number of aliphatic hydroxyl groups is 2. The molecule has 0 bridgehead atoms. The molecule has 3 aliphatic rings. The number of aliphatic hydroxyl groups excluding tert-OH is 2. The third-order valence-corrected chi connectivity index (χ3v) is 5.14. The summed E-state index contributed by atoms with van der Waals surface area (Å²) < 4.78 is 5.71. The molecule has 1 aromatic carbocycles. The number of hydrogen-bond acceptors (Lipinski definition) is 8. The number of nitrogens with one attached hydrogen (secondary N) is 4. The number of nitrogens with zero attached hydrogens (tertiary/aromatic N) is 1. The normalized spacial score (nSPS) is 25.0. The number of allylic oxidation sites excluding steroid dienone is 3. The molecule has 0 radical (unpaired) electrons. The minimum atomic E-state index is -0.950. The highest BCUT2D eigenvalue weighted by molar-refractivity contribution is 5.93. The molecule has 4 atom stereocenters. The van der Waals surface area contributed by atoms with E-state index in [4.69, 9.17) is 9.84 Å². The van der Waals surface area contributed by atoms with E-state index in [-0.39, 0.29) is 37.5 Å². The van der Waals surface area contributed by atoms with Crippen LogP contribution in [0.1, 0.15) is 18.5 Å². The molecule has 31 heavy (non-hydrogen) atoms. The molecule has 9 heteroatoms. The zero-order valence-electron chi connectivity index (χ0n) is 17.2. The third kappa shape index (κ3) is 4.74. The first-order valence-corrected chi connectivity index (χ1v) is 10.2. The van der Waals surface area contributed by atoms with Crippen molar-refractivity contribution in [3.63, 3.8) is 0 Å². The van der Waals surface area contributed by atoms with Crippen LogP contribution in [0.15, 0.2) is 72.2 Å². The third-order valence-electron chi connectivity index (χ3n) is 5.14. The Kier molecular flexibility index (Phi) is 6.26. The van der Waals surface area contributed by atoms with Crippen LogP contribution in [0, 0.1) is 0 Å². The number of hydrogen-bond donors (Lipinski definition) is 6. The van der Waals surface area contributed by atoms with Crippen molar-refractivity contribution in [2.75, 3.05) is 13.2 Å². The van der Waals surface area contributed by atoms with Gasteiger partial charge in [0.1, 0.15) is 36.5 Å². The van der Waals surface area contributed by atoms with E-state index in [2.05, 4.69) is 21.4 Å². The van der Waals surface area contributed by atoms with Gasteiger partial charge in [0.05, 0.1) is 12.6 Å². The van der Waals surface area contributed by atoms with Crippen molar-refractivity contribution in [3.8, 4) is 5.75 Å². The van der Waals surface area contributed by atoms with Gasteiger partial charge < -0.3 is 30.9 Å². The van der Waals surface area contributed by atoms with Crippen molar-refractivity contribution in [2.24, 2.45) is 0 Å². The Hall–Kier alpha value is -3.27. The van der Waals surface area contributed by atoms with E-state index >= 15 is 0 Å². The SMILES string of the molecule is CC1=CC=CC(NC(=O)C2=CNC3C=CC(c4ccccc4OC[C@H](O)CO)NN23)N1. The van der Waals surface area contributed by atoms with Crippen LogP contribution in [0.2, 0.25) is 0 Å². The summed E-state index contributed by atoms with van der Waals surface area (Å²) in [4.78, 5) is 12.9. The Morgan fingerprint density at radius 3 is 2.94 bits per heavy atom. The highest BCUT2D eigenvalue weighted by Crippen LogP contribution is 2.30. The number of rotatable bonds is 7. The van der Waals surface area contributed by atoms with Gasteiger partial charge in [0, 0.05) is 17.5 Å². The van der Waals surface area contributed by atoms with Crippen LogP contribution < -0.4 is 26.1 Å². The molecule has 0 spiro atoms. The zero-order valence-corrected chi connectivity index (χ0v) is 17.2. The van der Waals surface area contributed by atoms with Gasteiger partial charge in [-0.25, -0.2) is 5.43 Å². The van der Waals surface area contributed by atoms with E-state index in [0.717, 1.165) is 11.3 Å². The van der Waals surface area contributed by atoms with Crippen molar-refractivity contribution in [2.45, 2.75) is 31.4 Å². The molecule has 4 rings (SSSR count). The fourth-order valence-electron chi connectivity index (χ4n) is 3.57. The number of carbonyl (C=O) groups excluding carboxylic acids is 1. The quantitative estimate of drug-likeness (QED) is 0.341. The maximum Gasteiger partial charge on any atom is 0.272 e. The molecule has 0 aliphatic carbocycles. The van der Waals surface area contributed by atoms with Crippen molar-refractivity contribution in [3.05, 3.63) is 77.8 Å². The second-order valence-corrected chi connectivity index (χ2v) is 7.52. The number of carbonyl (C=O) groups is 1. The predicted octanol–water partition coefficient (Wildman–Crippen LogP) is 0.112. The van der Waals surface area contributed by atoms with Crippen molar-refractivity contribution < 1.29 is 19.7 Å². The van der Waals surface area contributed by atoms with E-state index in [1.165, 1.54) is 0 Å². The summed E-state index contributed by atoms with van der Waals surface area (Å²) in [6.45, 7) is 1.56. The topological polar surface area (TPSA) is 118 Å². The summed E-state index contributed by atoms with van der Waals surface area (Å²) >= 11 is 0. The molecule has 1 aromatic rings. The lowest BCUT2D eigenvalue weighted by Gasteiger charge is -2.35. The number of hydrazine groups is 1. The maximum atomic E-state index is 12.9. The number of ether oxygens (including phenoxy) is 1. The van der Waals surface area contributed by atoms with Gasteiger partial charge in [0.25, 0.3) is 5.91 Å². The highest BCUT2D eigenvalue weighted by atomic mass is 16.5. The first kappa shape index (κ1) is 21.0. The lowest BCUT2D eigenvalue weighted by molar-refractivity contribution is -0.120. The lowest BCUT2D eigenvalue weighted by Crippen LogP contribution is -2.53. The molecule has 6 N–H and O–H groups in total. The number of para-hydroxylation sites is 1. The van der Waals surface area contributed by atoms with Crippen LogP contribution in [0.3, 0.4) is 0 Å². The van der Waals surface area contributed by atoms with Gasteiger partial charge in [-0.05, 0) is 31.2 Å². The lowest BCUT2D eigenvalue weighted by atomic mass is 10.0. The standard InChI is InChI=1S/C22H27N5O4/c1-14-5-4-8-20(24-14)25-22(30)18-11-23-21-10-9-17(26-27(18)21)16-6-2-3-7-19(16)31-13-15(29)12-28/h2-11,15,17,20-21,23-24,26,28-29H,12-13H2,1H3,(H,25,30)/t15-,17?,20?,21?/m1/s1. The summed E-state index contributed by atoms with van der Waals surface area (Å²) in [5.41, 5.74) is 5.66. The van der Waals surface area contributed by atoms with Crippen molar-refractivity contribution >= 4 is 5.91 Å². The number of dihydropyridines is 1. The van der Waals surface area contributed by atoms with Crippen LogP contribution in [-0.4, -0.2) is 52.8 Å². The molecular weight excluding hydrogens is 398 g/mol. The summed E-state index contributed by atoms with van der Waals surface area (Å²) in [7, 11) is 0. The van der Waals surface area contributed by atoms with E-state index in [1.807, 2.05) is 61.6 Å². The minimum Gasteiger partial charge on any atom is -0.490 e. The Balaban J connectivity index is 1.45. The van der Waals surface area contributed by atoms with Gasteiger partial charge in [-0.3, -0.25) is 9.80 Å². The molecule has 3 aliphatic heterocycles. The molecule has 1 amide bonds. The maximum absolute atomic E-state index is 12.9. The van der Waals surface area contributed by atoms with E-state index in [9.17, 15) is 9.90 Å². The number of fused-ring (bicyclic) bond motifs is 1. The van der Waals surface area contributed by atoms with E-state index < -0.39 is 6.10 Å². The van der Waals surface area contributed by atoms with Gasteiger partial charge in [-0.15, -0.1) is 0 Å². The minimum absolute atomic E-state index is 0.0127. The fraction of sp³-hybridized carbons (Fsp3) is 0.318. The largest absolute Gasteiger partial charge is 0.490 e.